The lowest BCUT2D eigenvalue weighted by molar-refractivity contribution is 0.0509. The molecule has 0 N–H and O–H groups in total. The van der Waals surface area contributed by atoms with Crippen molar-refractivity contribution in [3.05, 3.63) is 52.9 Å². The summed E-state index contributed by atoms with van der Waals surface area (Å²) in [6.45, 7) is 6.22. The van der Waals surface area contributed by atoms with Crippen molar-refractivity contribution in [2.45, 2.75) is 39.3 Å². The summed E-state index contributed by atoms with van der Waals surface area (Å²) in [5.41, 5.74) is 3.69. The number of aromatic nitrogens is 3. The maximum Gasteiger partial charge on any atom is 0.274 e. The summed E-state index contributed by atoms with van der Waals surface area (Å²) in [4.78, 5) is 27.7. The molecule has 6 nitrogen and oxygen atoms in total. The SMILES string of the molecule is Cc1nc(C)c(C(=O)N(C)[C@H]2CCO[C@@H]2c2cccnc2)nc1C. The summed E-state index contributed by atoms with van der Waals surface area (Å²) < 4.78 is 5.86. The molecule has 1 fully saturated rings. The van der Waals surface area contributed by atoms with Gasteiger partial charge in [0.05, 0.1) is 23.1 Å². The molecule has 126 valence electrons. The summed E-state index contributed by atoms with van der Waals surface area (Å²) in [6.07, 6.45) is 4.16. The normalized spacial score (nSPS) is 20.2. The molecule has 3 heterocycles. The van der Waals surface area contributed by atoms with Gasteiger partial charge in [0, 0.05) is 31.6 Å². The first-order chi connectivity index (χ1) is 11.5. The Bertz CT molecular complexity index is 748. The van der Waals surface area contributed by atoms with Crippen LogP contribution >= 0.6 is 0 Å². The van der Waals surface area contributed by atoms with Gasteiger partial charge in [-0.2, -0.15) is 0 Å². The zero-order valence-corrected chi connectivity index (χ0v) is 14.5. The Hall–Kier alpha value is -2.34. The van der Waals surface area contributed by atoms with Gasteiger partial charge in [-0.1, -0.05) is 6.07 Å². The highest BCUT2D eigenvalue weighted by molar-refractivity contribution is 5.93. The van der Waals surface area contributed by atoms with Gasteiger partial charge in [-0.05, 0) is 33.3 Å². The highest BCUT2D eigenvalue weighted by Gasteiger charge is 2.36. The largest absolute Gasteiger partial charge is 0.371 e. The molecule has 0 spiro atoms. The van der Waals surface area contributed by atoms with Gasteiger partial charge in [-0.3, -0.25) is 14.8 Å². The van der Waals surface area contributed by atoms with E-state index in [2.05, 4.69) is 15.0 Å². The van der Waals surface area contributed by atoms with Gasteiger partial charge in [0.25, 0.3) is 5.91 Å². The second kappa shape index (κ2) is 6.65. The van der Waals surface area contributed by atoms with E-state index in [-0.39, 0.29) is 18.1 Å². The van der Waals surface area contributed by atoms with Crippen molar-refractivity contribution in [1.82, 2.24) is 19.9 Å². The molecule has 1 aliphatic rings. The fourth-order valence-electron chi connectivity index (χ4n) is 3.07. The van der Waals surface area contributed by atoms with Gasteiger partial charge in [0.2, 0.25) is 0 Å². The van der Waals surface area contributed by atoms with Crippen molar-refractivity contribution in [3.8, 4) is 0 Å². The molecule has 1 aliphatic heterocycles. The fourth-order valence-corrected chi connectivity index (χ4v) is 3.07. The van der Waals surface area contributed by atoms with E-state index in [1.807, 2.05) is 32.9 Å². The molecule has 0 aromatic carbocycles. The third kappa shape index (κ3) is 3.01. The van der Waals surface area contributed by atoms with Crippen LogP contribution in [0.1, 0.15) is 45.7 Å². The monoisotopic (exact) mass is 326 g/mol. The van der Waals surface area contributed by atoms with E-state index in [1.165, 1.54) is 0 Å². The Labute approximate surface area is 141 Å². The van der Waals surface area contributed by atoms with Crippen LogP contribution < -0.4 is 0 Å². The van der Waals surface area contributed by atoms with Crippen LogP contribution in [-0.4, -0.2) is 45.5 Å². The number of carbonyl (C=O) groups is 1. The molecular weight excluding hydrogens is 304 g/mol. The molecule has 0 saturated carbocycles. The minimum atomic E-state index is -0.160. The fraction of sp³-hybridized carbons (Fsp3) is 0.444. The van der Waals surface area contributed by atoms with Gasteiger partial charge in [-0.25, -0.2) is 4.98 Å². The van der Waals surface area contributed by atoms with Crippen molar-refractivity contribution < 1.29 is 9.53 Å². The van der Waals surface area contributed by atoms with Crippen LogP contribution in [0.25, 0.3) is 0 Å². The molecule has 0 aliphatic carbocycles. The first-order valence-electron chi connectivity index (χ1n) is 8.09. The number of pyridine rings is 1. The number of ether oxygens (including phenoxy) is 1. The molecule has 0 bridgehead atoms. The number of likely N-dealkylation sites (N-methyl/N-ethyl adjacent to an activating group) is 1. The Morgan fingerprint density at radius 2 is 1.96 bits per heavy atom. The standard InChI is InChI=1S/C18H22N4O2/c1-11-12(2)21-16(13(3)20-11)18(23)22(4)15-7-9-24-17(15)14-6-5-8-19-10-14/h5-6,8,10,15,17H,7,9H2,1-4H3/t15-,17+/m0/s1. The highest BCUT2D eigenvalue weighted by atomic mass is 16.5. The zero-order chi connectivity index (χ0) is 17.3. The number of hydrogen-bond donors (Lipinski definition) is 0. The number of nitrogens with zero attached hydrogens (tertiary/aromatic N) is 4. The van der Waals surface area contributed by atoms with Crippen molar-refractivity contribution in [3.63, 3.8) is 0 Å². The third-order valence-corrected chi connectivity index (χ3v) is 4.58. The molecule has 3 rings (SSSR count). The lowest BCUT2D eigenvalue weighted by Gasteiger charge is -2.28. The van der Waals surface area contributed by atoms with Gasteiger partial charge in [-0.15, -0.1) is 0 Å². The van der Waals surface area contributed by atoms with Gasteiger partial charge < -0.3 is 9.64 Å². The smallest absolute Gasteiger partial charge is 0.274 e. The number of rotatable bonds is 3. The van der Waals surface area contributed by atoms with Gasteiger partial charge in [0.15, 0.2) is 0 Å². The van der Waals surface area contributed by atoms with E-state index < -0.39 is 0 Å². The molecule has 2 aromatic heterocycles. The number of amides is 1. The van der Waals surface area contributed by atoms with Crippen LogP contribution in [0.5, 0.6) is 0 Å². The average Bonchev–Trinajstić information content (AvgIpc) is 3.07. The number of aryl methyl sites for hydroxylation is 3. The predicted molar refractivity (Wildman–Crippen MR) is 89.7 cm³/mol. The molecular formula is C18H22N4O2. The predicted octanol–water partition coefficient (Wildman–Crippen LogP) is 2.40. The van der Waals surface area contributed by atoms with Gasteiger partial charge in [0.1, 0.15) is 11.8 Å². The van der Waals surface area contributed by atoms with Gasteiger partial charge >= 0.3 is 0 Å². The van der Waals surface area contributed by atoms with E-state index in [4.69, 9.17) is 4.74 Å². The summed E-state index contributed by atoms with van der Waals surface area (Å²) >= 11 is 0. The van der Waals surface area contributed by atoms with Crippen LogP contribution in [0, 0.1) is 20.8 Å². The van der Waals surface area contributed by atoms with Crippen molar-refractivity contribution in [2.24, 2.45) is 0 Å². The summed E-state index contributed by atoms with van der Waals surface area (Å²) in [5, 5.41) is 0. The molecule has 2 aromatic rings. The minimum Gasteiger partial charge on any atom is -0.371 e. The lowest BCUT2D eigenvalue weighted by Crippen LogP contribution is -2.39. The Morgan fingerprint density at radius 3 is 2.67 bits per heavy atom. The number of hydrogen-bond acceptors (Lipinski definition) is 5. The molecule has 1 saturated heterocycles. The van der Waals surface area contributed by atoms with Crippen LogP contribution in [0.2, 0.25) is 0 Å². The zero-order valence-electron chi connectivity index (χ0n) is 14.5. The highest BCUT2D eigenvalue weighted by Crippen LogP contribution is 2.32. The Balaban J connectivity index is 1.87. The molecule has 0 radical (unpaired) electrons. The molecule has 0 unspecified atom stereocenters. The summed E-state index contributed by atoms with van der Waals surface area (Å²) in [7, 11) is 1.81. The third-order valence-electron chi connectivity index (χ3n) is 4.58. The van der Waals surface area contributed by atoms with Crippen LogP contribution in [0.15, 0.2) is 24.5 Å². The van der Waals surface area contributed by atoms with E-state index in [1.54, 1.807) is 24.3 Å². The molecule has 2 atom stereocenters. The topological polar surface area (TPSA) is 68.2 Å². The second-order valence-corrected chi connectivity index (χ2v) is 6.18. The van der Waals surface area contributed by atoms with E-state index >= 15 is 0 Å². The Kier molecular flexibility index (Phi) is 4.57. The van der Waals surface area contributed by atoms with Crippen molar-refractivity contribution >= 4 is 5.91 Å². The summed E-state index contributed by atoms with van der Waals surface area (Å²) in [5.74, 6) is -0.118. The first-order valence-corrected chi connectivity index (χ1v) is 8.09. The van der Waals surface area contributed by atoms with E-state index in [0.29, 0.717) is 18.0 Å². The van der Waals surface area contributed by atoms with Crippen LogP contribution in [0.3, 0.4) is 0 Å². The quantitative estimate of drug-likeness (QED) is 0.866. The van der Waals surface area contributed by atoms with Crippen LogP contribution in [0.4, 0.5) is 0 Å². The number of carbonyl (C=O) groups excluding carboxylic acids is 1. The summed E-state index contributed by atoms with van der Waals surface area (Å²) in [6, 6.07) is 3.83. The van der Waals surface area contributed by atoms with Crippen LogP contribution in [-0.2, 0) is 4.74 Å². The average molecular weight is 326 g/mol. The molecule has 1 amide bonds. The molecule has 6 heteroatoms. The first kappa shape index (κ1) is 16.5. The van der Waals surface area contributed by atoms with E-state index in [9.17, 15) is 4.79 Å². The van der Waals surface area contributed by atoms with Crippen molar-refractivity contribution in [1.29, 1.82) is 0 Å². The second-order valence-electron chi connectivity index (χ2n) is 6.18. The Morgan fingerprint density at radius 1 is 1.21 bits per heavy atom. The van der Waals surface area contributed by atoms with E-state index in [0.717, 1.165) is 23.4 Å². The maximum absolute atomic E-state index is 12.9. The molecule has 24 heavy (non-hydrogen) atoms. The lowest BCUT2D eigenvalue weighted by atomic mass is 10.0. The van der Waals surface area contributed by atoms with Crippen molar-refractivity contribution in [2.75, 3.05) is 13.7 Å². The minimum absolute atomic E-state index is 0.0375. The maximum atomic E-state index is 12.9.